The summed E-state index contributed by atoms with van der Waals surface area (Å²) in [6, 6.07) is 1.16. The van der Waals surface area contributed by atoms with Crippen LogP contribution < -0.4 is 16.4 Å². The molecule has 134 valence electrons. The zero-order chi connectivity index (χ0) is 16.9. The van der Waals surface area contributed by atoms with Crippen molar-refractivity contribution in [3.8, 4) is 0 Å². The van der Waals surface area contributed by atoms with Gasteiger partial charge in [0, 0.05) is 24.7 Å². The SMILES string of the molecule is CC(C)(C)OC(=O)NCC(NC1CCC(N)C1)C1CCCCC1. The zero-order valence-corrected chi connectivity index (χ0v) is 15.1. The molecule has 0 bridgehead atoms. The lowest BCUT2D eigenvalue weighted by Gasteiger charge is -2.33. The fraction of sp³-hybridized carbons (Fsp3) is 0.944. The molecule has 5 heteroatoms. The maximum atomic E-state index is 12.0. The Labute approximate surface area is 141 Å². The number of ether oxygens (including phenoxy) is 1. The van der Waals surface area contributed by atoms with Crippen molar-refractivity contribution in [1.29, 1.82) is 0 Å². The Bertz CT molecular complexity index is 375. The Morgan fingerprint density at radius 2 is 1.87 bits per heavy atom. The zero-order valence-electron chi connectivity index (χ0n) is 15.1. The first-order valence-electron chi connectivity index (χ1n) is 9.32. The predicted octanol–water partition coefficient (Wildman–Crippen LogP) is 2.93. The summed E-state index contributed by atoms with van der Waals surface area (Å²) in [5.74, 6) is 0.649. The summed E-state index contributed by atoms with van der Waals surface area (Å²) in [7, 11) is 0. The molecule has 3 unspecified atom stereocenters. The lowest BCUT2D eigenvalue weighted by atomic mass is 9.83. The van der Waals surface area contributed by atoms with Gasteiger partial charge in [0.15, 0.2) is 0 Å². The van der Waals surface area contributed by atoms with E-state index in [1.165, 1.54) is 32.1 Å². The molecule has 0 spiro atoms. The van der Waals surface area contributed by atoms with Gasteiger partial charge in [0.25, 0.3) is 0 Å². The molecule has 0 saturated heterocycles. The summed E-state index contributed by atoms with van der Waals surface area (Å²) in [6.07, 6.45) is 9.46. The molecule has 2 rings (SSSR count). The summed E-state index contributed by atoms with van der Waals surface area (Å²) in [5, 5.41) is 6.75. The third-order valence-electron chi connectivity index (χ3n) is 5.01. The number of amides is 1. The van der Waals surface area contributed by atoms with E-state index < -0.39 is 5.60 Å². The Morgan fingerprint density at radius 1 is 1.17 bits per heavy atom. The van der Waals surface area contributed by atoms with Gasteiger partial charge in [-0.25, -0.2) is 4.79 Å². The number of carbonyl (C=O) groups is 1. The van der Waals surface area contributed by atoms with Crippen molar-refractivity contribution in [2.24, 2.45) is 11.7 Å². The monoisotopic (exact) mass is 325 g/mol. The fourth-order valence-corrected chi connectivity index (χ4v) is 3.88. The summed E-state index contributed by atoms with van der Waals surface area (Å²) >= 11 is 0. The van der Waals surface area contributed by atoms with Crippen LogP contribution in [-0.2, 0) is 4.74 Å². The average molecular weight is 325 g/mol. The van der Waals surface area contributed by atoms with E-state index in [0.717, 1.165) is 19.3 Å². The second-order valence-electron chi connectivity index (χ2n) is 8.32. The van der Waals surface area contributed by atoms with Gasteiger partial charge in [-0.3, -0.25) is 0 Å². The van der Waals surface area contributed by atoms with Crippen molar-refractivity contribution < 1.29 is 9.53 Å². The van der Waals surface area contributed by atoms with E-state index in [-0.39, 0.29) is 6.09 Å². The highest BCUT2D eigenvalue weighted by Gasteiger charge is 2.29. The quantitative estimate of drug-likeness (QED) is 0.726. The molecule has 0 radical (unpaired) electrons. The number of hydrogen-bond donors (Lipinski definition) is 3. The minimum absolute atomic E-state index is 0.316. The predicted molar refractivity (Wildman–Crippen MR) is 93.3 cm³/mol. The number of nitrogens with one attached hydrogen (secondary N) is 2. The summed E-state index contributed by atoms with van der Waals surface area (Å²) in [4.78, 5) is 12.0. The summed E-state index contributed by atoms with van der Waals surface area (Å²) in [6.45, 7) is 6.32. The van der Waals surface area contributed by atoms with Crippen LogP contribution in [0.4, 0.5) is 4.79 Å². The van der Waals surface area contributed by atoms with Crippen molar-refractivity contribution in [3.05, 3.63) is 0 Å². The van der Waals surface area contributed by atoms with Gasteiger partial charge in [0.2, 0.25) is 0 Å². The van der Waals surface area contributed by atoms with Crippen LogP contribution in [0.1, 0.15) is 72.1 Å². The first-order chi connectivity index (χ1) is 10.8. The Hall–Kier alpha value is -0.810. The highest BCUT2D eigenvalue weighted by molar-refractivity contribution is 5.67. The molecule has 5 nitrogen and oxygen atoms in total. The van der Waals surface area contributed by atoms with Gasteiger partial charge in [-0.1, -0.05) is 19.3 Å². The molecule has 3 atom stereocenters. The smallest absolute Gasteiger partial charge is 0.407 e. The molecule has 0 aliphatic heterocycles. The standard InChI is InChI=1S/C18H35N3O2/c1-18(2,3)23-17(22)20-12-16(13-7-5-4-6-8-13)21-15-10-9-14(19)11-15/h13-16,21H,4-12,19H2,1-3H3,(H,20,22). The maximum absolute atomic E-state index is 12.0. The van der Waals surface area contributed by atoms with E-state index in [1.807, 2.05) is 20.8 Å². The van der Waals surface area contributed by atoms with Crippen LogP contribution in [0.3, 0.4) is 0 Å². The molecule has 0 aromatic heterocycles. The van der Waals surface area contributed by atoms with Gasteiger partial charge in [-0.05, 0) is 58.8 Å². The topological polar surface area (TPSA) is 76.4 Å². The first kappa shape index (κ1) is 18.5. The molecule has 2 aliphatic rings. The highest BCUT2D eigenvalue weighted by Crippen LogP contribution is 2.28. The van der Waals surface area contributed by atoms with Crippen LogP contribution in [0.25, 0.3) is 0 Å². The Kier molecular flexibility index (Phi) is 6.72. The lowest BCUT2D eigenvalue weighted by Crippen LogP contribution is -2.50. The molecule has 0 heterocycles. The van der Waals surface area contributed by atoms with Crippen molar-refractivity contribution >= 4 is 6.09 Å². The van der Waals surface area contributed by atoms with Crippen LogP contribution in [0.2, 0.25) is 0 Å². The van der Waals surface area contributed by atoms with E-state index in [2.05, 4.69) is 10.6 Å². The molecule has 23 heavy (non-hydrogen) atoms. The number of nitrogens with two attached hydrogens (primary N) is 1. The number of alkyl carbamates (subject to hydrolysis) is 1. The molecule has 2 saturated carbocycles. The normalized spacial score (nSPS) is 27.7. The molecular formula is C18H35N3O2. The van der Waals surface area contributed by atoms with Crippen LogP contribution in [0.5, 0.6) is 0 Å². The summed E-state index contributed by atoms with van der Waals surface area (Å²) < 4.78 is 5.36. The van der Waals surface area contributed by atoms with Crippen molar-refractivity contribution in [3.63, 3.8) is 0 Å². The number of carbonyl (C=O) groups excluding carboxylic acids is 1. The van der Waals surface area contributed by atoms with Crippen molar-refractivity contribution in [1.82, 2.24) is 10.6 Å². The van der Waals surface area contributed by atoms with Crippen LogP contribution in [0, 0.1) is 5.92 Å². The molecule has 0 aromatic carbocycles. The average Bonchev–Trinajstić information content (AvgIpc) is 2.88. The molecule has 2 aliphatic carbocycles. The van der Waals surface area contributed by atoms with Gasteiger partial charge in [-0.2, -0.15) is 0 Å². The molecule has 0 aromatic rings. The number of rotatable bonds is 5. The first-order valence-corrected chi connectivity index (χ1v) is 9.32. The molecular weight excluding hydrogens is 290 g/mol. The summed E-state index contributed by atoms with van der Waals surface area (Å²) in [5.41, 5.74) is 5.59. The Morgan fingerprint density at radius 3 is 2.43 bits per heavy atom. The second kappa shape index (κ2) is 8.34. The van der Waals surface area contributed by atoms with E-state index in [4.69, 9.17) is 10.5 Å². The Balaban J connectivity index is 1.86. The van der Waals surface area contributed by atoms with Gasteiger partial charge in [0.05, 0.1) is 0 Å². The van der Waals surface area contributed by atoms with Crippen molar-refractivity contribution in [2.75, 3.05) is 6.54 Å². The van der Waals surface area contributed by atoms with Crippen molar-refractivity contribution in [2.45, 2.75) is 95.9 Å². The third-order valence-corrected chi connectivity index (χ3v) is 5.01. The van der Waals surface area contributed by atoms with Crippen LogP contribution in [-0.4, -0.2) is 36.4 Å². The van der Waals surface area contributed by atoms with Gasteiger partial charge in [0.1, 0.15) is 5.60 Å². The third kappa shape index (κ3) is 6.68. The largest absolute Gasteiger partial charge is 0.444 e. The number of hydrogen-bond acceptors (Lipinski definition) is 4. The van der Waals surface area contributed by atoms with E-state index >= 15 is 0 Å². The molecule has 4 N–H and O–H groups in total. The van der Waals surface area contributed by atoms with Gasteiger partial charge < -0.3 is 21.1 Å². The van der Waals surface area contributed by atoms with Crippen LogP contribution >= 0.6 is 0 Å². The van der Waals surface area contributed by atoms with Gasteiger partial charge in [-0.15, -0.1) is 0 Å². The highest BCUT2D eigenvalue weighted by atomic mass is 16.6. The molecule has 2 fully saturated rings. The second-order valence-corrected chi connectivity index (χ2v) is 8.32. The van der Waals surface area contributed by atoms with Gasteiger partial charge >= 0.3 is 6.09 Å². The fourth-order valence-electron chi connectivity index (χ4n) is 3.88. The minimum Gasteiger partial charge on any atom is -0.444 e. The van der Waals surface area contributed by atoms with E-state index in [9.17, 15) is 4.79 Å². The van der Waals surface area contributed by atoms with E-state index in [0.29, 0.717) is 30.6 Å². The minimum atomic E-state index is -0.448. The van der Waals surface area contributed by atoms with E-state index in [1.54, 1.807) is 0 Å². The molecule has 1 amide bonds. The maximum Gasteiger partial charge on any atom is 0.407 e. The van der Waals surface area contributed by atoms with Crippen LogP contribution in [0.15, 0.2) is 0 Å². The lowest BCUT2D eigenvalue weighted by molar-refractivity contribution is 0.0514.